The van der Waals surface area contributed by atoms with E-state index in [-0.39, 0.29) is 17.1 Å². The van der Waals surface area contributed by atoms with Crippen molar-refractivity contribution in [1.82, 2.24) is 0 Å². The number of carboxylic acids is 1. The molecular formula is C17H16O4. The molecule has 0 aliphatic rings. The lowest BCUT2D eigenvalue weighted by Crippen LogP contribution is -2.02. The highest BCUT2D eigenvalue weighted by Crippen LogP contribution is 2.28. The Balaban J connectivity index is 2.60. The molecule has 0 aliphatic heterocycles. The van der Waals surface area contributed by atoms with Crippen molar-refractivity contribution in [2.24, 2.45) is 0 Å². The number of rotatable bonds is 3. The molecule has 0 amide bonds. The van der Waals surface area contributed by atoms with E-state index in [0.29, 0.717) is 11.1 Å². The SMILES string of the molecule is Cc1ccc(C)c(/C(=C/c2ccc(O)cc2O)C(=O)O)c1. The number of hydrogen-bond donors (Lipinski definition) is 3. The van der Waals surface area contributed by atoms with Crippen LogP contribution in [-0.4, -0.2) is 21.3 Å². The summed E-state index contributed by atoms with van der Waals surface area (Å²) in [6.07, 6.45) is 1.40. The summed E-state index contributed by atoms with van der Waals surface area (Å²) in [5.74, 6) is -1.32. The zero-order chi connectivity index (χ0) is 15.6. The summed E-state index contributed by atoms with van der Waals surface area (Å²) in [5.41, 5.74) is 2.84. The van der Waals surface area contributed by atoms with E-state index in [0.717, 1.165) is 11.1 Å². The molecule has 3 N–H and O–H groups in total. The molecule has 21 heavy (non-hydrogen) atoms. The lowest BCUT2D eigenvalue weighted by molar-refractivity contribution is -0.130. The summed E-state index contributed by atoms with van der Waals surface area (Å²) in [5, 5.41) is 28.5. The van der Waals surface area contributed by atoms with Crippen LogP contribution in [0.15, 0.2) is 36.4 Å². The van der Waals surface area contributed by atoms with E-state index < -0.39 is 5.97 Å². The molecule has 108 valence electrons. The van der Waals surface area contributed by atoms with Crippen molar-refractivity contribution < 1.29 is 20.1 Å². The van der Waals surface area contributed by atoms with Gasteiger partial charge in [0.05, 0.1) is 5.57 Å². The minimum atomic E-state index is -1.07. The molecule has 0 saturated carbocycles. The van der Waals surface area contributed by atoms with Crippen molar-refractivity contribution >= 4 is 17.6 Å². The third-order valence-corrected chi connectivity index (χ3v) is 3.23. The highest BCUT2D eigenvalue weighted by Gasteiger charge is 2.14. The first kappa shape index (κ1) is 14.7. The second-order valence-electron chi connectivity index (χ2n) is 4.92. The molecule has 0 spiro atoms. The van der Waals surface area contributed by atoms with Crippen LogP contribution in [-0.2, 0) is 4.79 Å². The summed E-state index contributed by atoms with van der Waals surface area (Å²) in [6, 6.07) is 9.61. The molecule has 4 nitrogen and oxygen atoms in total. The zero-order valence-electron chi connectivity index (χ0n) is 11.8. The number of benzene rings is 2. The molecule has 2 rings (SSSR count). The Morgan fingerprint density at radius 3 is 2.38 bits per heavy atom. The predicted molar refractivity (Wildman–Crippen MR) is 81.2 cm³/mol. The Kier molecular flexibility index (Phi) is 3.98. The van der Waals surface area contributed by atoms with E-state index in [4.69, 9.17) is 0 Å². The fraction of sp³-hybridized carbons (Fsp3) is 0.118. The quantitative estimate of drug-likeness (QED) is 0.596. The summed E-state index contributed by atoms with van der Waals surface area (Å²) < 4.78 is 0. The van der Waals surface area contributed by atoms with Crippen molar-refractivity contribution in [2.75, 3.05) is 0 Å². The fourth-order valence-electron chi connectivity index (χ4n) is 2.09. The minimum absolute atomic E-state index is 0.0757. The van der Waals surface area contributed by atoms with Gasteiger partial charge in [-0.3, -0.25) is 0 Å². The van der Waals surface area contributed by atoms with Crippen LogP contribution in [0.3, 0.4) is 0 Å². The number of hydrogen-bond acceptors (Lipinski definition) is 3. The van der Waals surface area contributed by atoms with Crippen molar-refractivity contribution in [3.8, 4) is 11.5 Å². The van der Waals surface area contributed by atoms with Crippen LogP contribution >= 0.6 is 0 Å². The number of carboxylic acid groups (broad SMARTS) is 1. The van der Waals surface area contributed by atoms with Gasteiger partial charge < -0.3 is 15.3 Å². The molecule has 2 aromatic carbocycles. The van der Waals surface area contributed by atoms with Crippen LogP contribution in [0.4, 0.5) is 0 Å². The van der Waals surface area contributed by atoms with Gasteiger partial charge in [-0.2, -0.15) is 0 Å². The summed E-state index contributed by atoms with van der Waals surface area (Å²) in [7, 11) is 0. The summed E-state index contributed by atoms with van der Waals surface area (Å²) in [6.45, 7) is 3.72. The average molecular weight is 284 g/mol. The maximum atomic E-state index is 11.5. The lowest BCUT2D eigenvalue weighted by Gasteiger charge is -2.09. The van der Waals surface area contributed by atoms with Crippen molar-refractivity contribution in [3.63, 3.8) is 0 Å². The number of phenols is 2. The fourth-order valence-corrected chi connectivity index (χ4v) is 2.09. The van der Waals surface area contributed by atoms with E-state index in [9.17, 15) is 20.1 Å². The average Bonchev–Trinajstić information content (AvgIpc) is 2.41. The van der Waals surface area contributed by atoms with Gasteiger partial charge in [-0.1, -0.05) is 23.8 Å². The van der Waals surface area contributed by atoms with E-state index in [1.54, 1.807) is 6.07 Å². The molecule has 0 fully saturated rings. The van der Waals surface area contributed by atoms with Crippen molar-refractivity contribution in [1.29, 1.82) is 0 Å². The van der Waals surface area contributed by atoms with Gasteiger partial charge in [0.1, 0.15) is 11.5 Å². The van der Waals surface area contributed by atoms with E-state index in [2.05, 4.69) is 0 Å². The predicted octanol–water partition coefficient (Wildman–Crippen LogP) is 3.34. The van der Waals surface area contributed by atoms with Gasteiger partial charge in [0, 0.05) is 11.6 Å². The maximum absolute atomic E-state index is 11.5. The molecule has 0 saturated heterocycles. The topological polar surface area (TPSA) is 77.8 Å². The summed E-state index contributed by atoms with van der Waals surface area (Å²) in [4.78, 5) is 11.5. The molecular weight excluding hydrogens is 268 g/mol. The molecule has 0 aliphatic carbocycles. The zero-order valence-corrected chi connectivity index (χ0v) is 11.8. The third-order valence-electron chi connectivity index (χ3n) is 3.23. The third kappa shape index (κ3) is 3.23. The van der Waals surface area contributed by atoms with Crippen LogP contribution in [0.25, 0.3) is 11.6 Å². The van der Waals surface area contributed by atoms with E-state index in [1.165, 1.54) is 24.3 Å². The number of aliphatic carboxylic acids is 1. The molecule has 2 aromatic rings. The normalized spacial score (nSPS) is 11.4. The Labute approximate surface area is 122 Å². The molecule has 4 heteroatoms. The lowest BCUT2D eigenvalue weighted by atomic mass is 9.96. The van der Waals surface area contributed by atoms with Crippen LogP contribution in [0.5, 0.6) is 11.5 Å². The molecule has 0 unspecified atom stereocenters. The highest BCUT2D eigenvalue weighted by molar-refractivity contribution is 6.21. The van der Waals surface area contributed by atoms with Crippen LogP contribution in [0.1, 0.15) is 22.3 Å². The van der Waals surface area contributed by atoms with E-state index in [1.807, 2.05) is 26.0 Å². The molecule has 0 radical (unpaired) electrons. The molecule has 0 aromatic heterocycles. The maximum Gasteiger partial charge on any atom is 0.336 e. The second-order valence-corrected chi connectivity index (χ2v) is 4.92. The van der Waals surface area contributed by atoms with Gasteiger partial charge in [0.15, 0.2) is 0 Å². The Morgan fingerprint density at radius 1 is 1.05 bits per heavy atom. The van der Waals surface area contributed by atoms with E-state index >= 15 is 0 Å². The second kappa shape index (κ2) is 5.71. The van der Waals surface area contributed by atoms with Gasteiger partial charge >= 0.3 is 5.97 Å². The Morgan fingerprint density at radius 2 is 1.76 bits per heavy atom. The Bertz CT molecular complexity index is 730. The highest BCUT2D eigenvalue weighted by atomic mass is 16.4. The smallest absolute Gasteiger partial charge is 0.336 e. The van der Waals surface area contributed by atoms with Gasteiger partial charge in [-0.05, 0) is 43.2 Å². The summed E-state index contributed by atoms with van der Waals surface area (Å²) >= 11 is 0. The van der Waals surface area contributed by atoms with Gasteiger partial charge in [-0.15, -0.1) is 0 Å². The van der Waals surface area contributed by atoms with Crippen LogP contribution in [0.2, 0.25) is 0 Å². The van der Waals surface area contributed by atoms with Gasteiger partial charge in [0.2, 0.25) is 0 Å². The van der Waals surface area contributed by atoms with Crippen molar-refractivity contribution in [2.45, 2.75) is 13.8 Å². The standard InChI is InChI=1S/C17H16O4/c1-10-3-4-11(2)14(7-10)15(17(20)21)8-12-5-6-13(18)9-16(12)19/h3-9,18-19H,1-2H3,(H,20,21)/b15-8-. The first-order chi connectivity index (χ1) is 9.88. The van der Waals surface area contributed by atoms with Crippen molar-refractivity contribution in [3.05, 3.63) is 58.7 Å². The first-order valence-corrected chi connectivity index (χ1v) is 6.43. The van der Waals surface area contributed by atoms with Crippen LogP contribution < -0.4 is 0 Å². The minimum Gasteiger partial charge on any atom is -0.508 e. The number of aryl methyl sites for hydroxylation is 2. The van der Waals surface area contributed by atoms with Gasteiger partial charge in [0.25, 0.3) is 0 Å². The Hall–Kier alpha value is -2.75. The number of phenolic OH excluding ortho intramolecular Hbond substituents is 2. The monoisotopic (exact) mass is 284 g/mol. The molecule has 0 bridgehead atoms. The molecule has 0 heterocycles. The van der Waals surface area contributed by atoms with Crippen LogP contribution in [0, 0.1) is 13.8 Å². The number of aromatic hydroxyl groups is 2. The largest absolute Gasteiger partial charge is 0.508 e. The van der Waals surface area contributed by atoms with Gasteiger partial charge in [-0.25, -0.2) is 4.79 Å². The first-order valence-electron chi connectivity index (χ1n) is 6.43. The molecule has 0 atom stereocenters. The number of carbonyl (C=O) groups is 1.